The lowest BCUT2D eigenvalue weighted by atomic mass is 10.2. The first-order valence-electron chi connectivity index (χ1n) is 6.49. The van der Waals surface area contributed by atoms with Crippen LogP contribution in [-0.4, -0.2) is 20.9 Å². The molecule has 21 heavy (non-hydrogen) atoms. The number of carbonyl (C=O) groups is 1. The van der Waals surface area contributed by atoms with Crippen LogP contribution in [0.15, 0.2) is 17.0 Å². The van der Waals surface area contributed by atoms with Crippen molar-refractivity contribution in [3.8, 4) is 0 Å². The number of hydrogen-bond acceptors (Lipinski definition) is 3. The standard InChI is InChI=1S/C13H16Cl3NO3S/c1-2-3-4-5-6-17-13(18)10-7-9(21(16,19)20)8-11(14)12(10)15/h7-8H,2-6H2,1H3,(H,17,18). The zero-order chi connectivity index (χ0) is 16.0. The molecule has 8 heteroatoms. The van der Waals surface area contributed by atoms with E-state index in [0.717, 1.165) is 37.8 Å². The van der Waals surface area contributed by atoms with E-state index in [-0.39, 0.29) is 20.5 Å². The largest absolute Gasteiger partial charge is 0.352 e. The Labute approximate surface area is 139 Å². The van der Waals surface area contributed by atoms with Crippen molar-refractivity contribution < 1.29 is 13.2 Å². The van der Waals surface area contributed by atoms with Gasteiger partial charge >= 0.3 is 0 Å². The lowest BCUT2D eigenvalue weighted by Crippen LogP contribution is -2.25. The fraction of sp³-hybridized carbons (Fsp3) is 0.462. The summed E-state index contributed by atoms with van der Waals surface area (Å²) in [4.78, 5) is 11.8. The SMILES string of the molecule is CCCCCCNC(=O)c1cc(S(=O)(=O)Cl)cc(Cl)c1Cl. The van der Waals surface area contributed by atoms with Crippen LogP contribution in [0.5, 0.6) is 0 Å². The minimum absolute atomic E-state index is 0.00103. The molecule has 0 saturated carbocycles. The monoisotopic (exact) mass is 371 g/mol. The zero-order valence-electron chi connectivity index (χ0n) is 11.5. The molecule has 1 rings (SSSR count). The lowest BCUT2D eigenvalue weighted by Gasteiger charge is -2.09. The molecular formula is C13H16Cl3NO3S. The van der Waals surface area contributed by atoms with E-state index in [0.29, 0.717) is 6.54 Å². The third-order valence-electron chi connectivity index (χ3n) is 2.84. The van der Waals surface area contributed by atoms with Crippen LogP contribution in [0.3, 0.4) is 0 Å². The van der Waals surface area contributed by atoms with Crippen molar-refractivity contribution in [3.63, 3.8) is 0 Å². The van der Waals surface area contributed by atoms with Crippen molar-refractivity contribution >= 4 is 48.8 Å². The number of carbonyl (C=O) groups excluding carboxylic acids is 1. The van der Waals surface area contributed by atoms with E-state index in [9.17, 15) is 13.2 Å². The lowest BCUT2D eigenvalue weighted by molar-refractivity contribution is 0.0953. The van der Waals surface area contributed by atoms with Gasteiger partial charge in [-0.2, -0.15) is 0 Å². The van der Waals surface area contributed by atoms with Crippen LogP contribution in [0.2, 0.25) is 10.0 Å². The van der Waals surface area contributed by atoms with Gasteiger partial charge in [0.05, 0.1) is 20.5 Å². The smallest absolute Gasteiger partial charge is 0.261 e. The Morgan fingerprint density at radius 2 is 1.86 bits per heavy atom. The number of amides is 1. The predicted molar refractivity (Wildman–Crippen MR) is 86.0 cm³/mol. The van der Waals surface area contributed by atoms with Crippen molar-refractivity contribution in [2.75, 3.05) is 6.54 Å². The fourth-order valence-corrected chi connectivity index (χ4v) is 2.98. The Balaban J connectivity index is 2.86. The number of halogens is 3. The van der Waals surface area contributed by atoms with Crippen LogP contribution in [0.1, 0.15) is 43.0 Å². The summed E-state index contributed by atoms with van der Waals surface area (Å²) in [7, 11) is 1.28. The van der Waals surface area contributed by atoms with Gasteiger partial charge in [-0.15, -0.1) is 0 Å². The second-order valence-electron chi connectivity index (χ2n) is 4.52. The van der Waals surface area contributed by atoms with Gasteiger partial charge in [0.2, 0.25) is 0 Å². The number of nitrogens with one attached hydrogen (secondary N) is 1. The maximum absolute atomic E-state index is 12.0. The Hall–Kier alpha value is -0.490. The second-order valence-corrected chi connectivity index (χ2v) is 7.87. The number of rotatable bonds is 7. The summed E-state index contributed by atoms with van der Waals surface area (Å²) >= 11 is 11.8. The van der Waals surface area contributed by atoms with E-state index in [4.69, 9.17) is 33.9 Å². The van der Waals surface area contributed by atoms with E-state index in [1.807, 2.05) is 0 Å². The molecule has 1 aromatic carbocycles. The molecule has 0 radical (unpaired) electrons. The molecule has 1 amide bonds. The van der Waals surface area contributed by atoms with Gasteiger partial charge in [-0.05, 0) is 18.6 Å². The molecular weight excluding hydrogens is 357 g/mol. The molecule has 0 saturated heterocycles. The first kappa shape index (κ1) is 18.6. The highest BCUT2D eigenvalue weighted by atomic mass is 35.7. The first-order valence-corrected chi connectivity index (χ1v) is 9.55. The molecule has 1 aromatic rings. The molecule has 0 aromatic heterocycles. The normalized spacial score (nSPS) is 11.4. The van der Waals surface area contributed by atoms with Crippen LogP contribution in [-0.2, 0) is 9.05 Å². The fourth-order valence-electron chi connectivity index (χ4n) is 1.72. The van der Waals surface area contributed by atoms with Crippen molar-refractivity contribution in [2.24, 2.45) is 0 Å². The number of unbranched alkanes of at least 4 members (excludes halogenated alkanes) is 3. The second kappa shape index (κ2) is 8.22. The Kier molecular flexibility index (Phi) is 7.27. The topological polar surface area (TPSA) is 63.2 Å². The van der Waals surface area contributed by atoms with Crippen LogP contribution in [0, 0.1) is 0 Å². The van der Waals surface area contributed by atoms with Crippen LogP contribution >= 0.6 is 33.9 Å². The van der Waals surface area contributed by atoms with Gasteiger partial charge in [0.25, 0.3) is 15.0 Å². The van der Waals surface area contributed by atoms with Gasteiger partial charge < -0.3 is 5.32 Å². The molecule has 0 heterocycles. The van der Waals surface area contributed by atoms with Gasteiger partial charge in [0.15, 0.2) is 0 Å². The first-order chi connectivity index (χ1) is 9.77. The summed E-state index contributed by atoms with van der Waals surface area (Å²) in [6.45, 7) is 2.59. The highest BCUT2D eigenvalue weighted by Gasteiger charge is 2.19. The van der Waals surface area contributed by atoms with E-state index in [1.54, 1.807) is 0 Å². The highest BCUT2D eigenvalue weighted by Crippen LogP contribution is 2.30. The van der Waals surface area contributed by atoms with Gasteiger partial charge in [-0.1, -0.05) is 49.4 Å². The van der Waals surface area contributed by atoms with Gasteiger partial charge in [-0.3, -0.25) is 4.79 Å². The van der Waals surface area contributed by atoms with Gasteiger partial charge in [-0.25, -0.2) is 8.42 Å². The van der Waals surface area contributed by atoms with E-state index in [2.05, 4.69) is 12.2 Å². The summed E-state index contributed by atoms with van der Waals surface area (Å²) in [6.07, 6.45) is 4.06. The number of benzene rings is 1. The zero-order valence-corrected chi connectivity index (χ0v) is 14.5. The molecule has 0 unspecified atom stereocenters. The maximum atomic E-state index is 12.0. The van der Waals surface area contributed by atoms with Gasteiger partial charge in [0.1, 0.15) is 0 Å². The summed E-state index contributed by atoms with van der Waals surface area (Å²) in [5.41, 5.74) is -0.00103. The Morgan fingerprint density at radius 1 is 1.19 bits per heavy atom. The molecule has 1 N–H and O–H groups in total. The summed E-state index contributed by atoms with van der Waals surface area (Å²) in [6, 6.07) is 2.24. The van der Waals surface area contributed by atoms with Crippen LogP contribution < -0.4 is 5.32 Å². The molecule has 0 atom stereocenters. The van der Waals surface area contributed by atoms with E-state index >= 15 is 0 Å². The number of hydrogen-bond donors (Lipinski definition) is 1. The molecule has 0 bridgehead atoms. The highest BCUT2D eigenvalue weighted by molar-refractivity contribution is 8.13. The van der Waals surface area contributed by atoms with E-state index in [1.165, 1.54) is 0 Å². The van der Waals surface area contributed by atoms with Crippen molar-refractivity contribution in [1.29, 1.82) is 0 Å². The molecule has 4 nitrogen and oxygen atoms in total. The molecule has 0 fully saturated rings. The van der Waals surface area contributed by atoms with Crippen molar-refractivity contribution in [3.05, 3.63) is 27.7 Å². The quantitative estimate of drug-likeness (QED) is 0.575. The van der Waals surface area contributed by atoms with Gasteiger partial charge in [0, 0.05) is 17.2 Å². The molecule has 0 aliphatic heterocycles. The molecule has 0 spiro atoms. The van der Waals surface area contributed by atoms with Crippen molar-refractivity contribution in [1.82, 2.24) is 5.32 Å². The minimum Gasteiger partial charge on any atom is -0.352 e. The molecule has 118 valence electrons. The summed E-state index contributed by atoms with van der Waals surface area (Å²) < 4.78 is 22.7. The summed E-state index contributed by atoms with van der Waals surface area (Å²) in [5.74, 6) is -0.472. The third-order valence-corrected chi connectivity index (χ3v) is 4.98. The summed E-state index contributed by atoms with van der Waals surface area (Å²) in [5, 5.41) is 2.66. The van der Waals surface area contributed by atoms with Crippen molar-refractivity contribution in [2.45, 2.75) is 37.5 Å². The predicted octanol–water partition coefficient (Wildman–Crippen LogP) is 4.23. The van der Waals surface area contributed by atoms with Crippen LogP contribution in [0.25, 0.3) is 0 Å². The van der Waals surface area contributed by atoms with E-state index < -0.39 is 15.0 Å². The van der Waals surface area contributed by atoms with Crippen LogP contribution in [0.4, 0.5) is 0 Å². The average Bonchev–Trinajstić information content (AvgIpc) is 2.40. The maximum Gasteiger partial charge on any atom is 0.261 e. The third kappa shape index (κ3) is 5.66. The Morgan fingerprint density at radius 3 is 2.43 bits per heavy atom. The average molecular weight is 373 g/mol. The Bertz CT molecular complexity index is 617. The molecule has 0 aliphatic rings. The minimum atomic E-state index is -3.98. The molecule has 0 aliphatic carbocycles.